The maximum Gasteiger partial charge on any atom is 0.234 e. The molecule has 0 heterocycles. The molecule has 118 valence electrons. The Balaban J connectivity index is 1.91. The highest BCUT2D eigenvalue weighted by Gasteiger charge is 2.03. The lowest BCUT2D eigenvalue weighted by Crippen LogP contribution is -2.24. The average molecular weight is 308 g/mol. The van der Waals surface area contributed by atoms with Crippen LogP contribution < -0.4 is 10.1 Å². The predicted molar refractivity (Wildman–Crippen MR) is 89.4 cm³/mol. The van der Waals surface area contributed by atoms with Crippen LogP contribution in [0.3, 0.4) is 0 Å². The third-order valence-electron chi connectivity index (χ3n) is 3.47. The summed E-state index contributed by atoms with van der Waals surface area (Å²) in [6.07, 6.45) is 0.629. The van der Waals surface area contributed by atoms with Crippen molar-refractivity contribution in [2.45, 2.75) is 26.7 Å². The second-order valence-corrected chi connectivity index (χ2v) is 5.45. The number of amides is 1. The summed E-state index contributed by atoms with van der Waals surface area (Å²) in [5.74, 6) is 1.42. The number of hydrogen-bond acceptors (Lipinski definition) is 3. The number of rotatable bonds is 6. The highest BCUT2D eigenvalue weighted by Crippen LogP contribution is 2.26. The third kappa shape index (κ3) is 5.15. The molecule has 4 nitrogen and oxygen atoms in total. The van der Waals surface area contributed by atoms with Gasteiger partial charge < -0.3 is 10.1 Å². The van der Waals surface area contributed by atoms with E-state index in [1.54, 1.807) is 0 Å². The predicted octanol–water partition coefficient (Wildman–Crippen LogP) is 3.67. The number of benzene rings is 2. The van der Waals surface area contributed by atoms with Gasteiger partial charge in [0.05, 0.1) is 6.07 Å². The molecule has 0 spiro atoms. The lowest BCUT2D eigenvalue weighted by Gasteiger charge is -2.10. The molecule has 0 aromatic heterocycles. The Morgan fingerprint density at radius 1 is 1.17 bits per heavy atom. The summed E-state index contributed by atoms with van der Waals surface area (Å²) in [4.78, 5) is 11.2. The molecule has 0 radical (unpaired) electrons. The molecule has 0 aliphatic heterocycles. The second-order valence-electron chi connectivity index (χ2n) is 5.45. The summed E-state index contributed by atoms with van der Waals surface area (Å²) >= 11 is 0. The molecule has 0 unspecified atom stereocenters. The van der Waals surface area contributed by atoms with E-state index >= 15 is 0 Å². The van der Waals surface area contributed by atoms with E-state index in [0.717, 1.165) is 34.6 Å². The van der Waals surface area contributed by atoms with Gasteiger partial charge in [-0.25, -0.2) is 0 Å². The van der Waals surface area contributed by atoms with E-state index in [1.165, 1.54) is 0 Å². The van der Waals surface area contributed by atoms with Crippen LogP contribution in [-0.2, 0) is 11.2 Å². The fourth-order valence-electron chi connectivity index (χ4n) is 2.15. The Bertz CT molecular complexity index is 715. The van der Waals surface area contributed by atoms with Crippen molar-refractivity contribution in [3.05, 3.63) is 59.2 Å². The second kappa shape index (κ2) is 8.00. The number of nitriles is 1. The Labute approximate surface area is 136 Å². The maximum atomic E-state index is 11.2. The van der Waals surface area contributed by atoms with Crippen LogP contribution in [0.2, 0.25) is 0 Å². The first-order valence-corrected chi connectivity index (χ1v) is 7.56. The largest absolute Gasteiger partial charge is 0.457 e. The van der Waals surface area contributed by atoms with Crippen molar-refractivity contribution in [1.82, 2.24) is 5.32 Å². The van der Waals surface area contributed by atoms with Gasteiger partial charge in [0.25, 0.3) is 0 Å². The summed E-state index contributed by atoms with van der Waals surface area (Å²) in [6, 6.07) is 15.8. The van der Waals surface area contributed by atoms with Crippen LogP contribution in [0.1, 0.15) is 23.1 Å². The first-order chi connectivity index (χ1) is 11.1. The van der Waals surface area contributed by atoms with Crippen LogP contribution >= 0.6 is 0 Å². The zero-order chi connectivity index (χ0) is 16.7. The highest BCUT2D eigenvalue weighted by atomic mass is 16.5. The Kier molecular flexibility index (Phi) is 5.76. The van der Waals surface area contributed by atoms with Crippen molar-refractivity contribution in [3.63, 3.8) is 0 Å². The van der Waals surface area contributed by atoms with Crippen LogP contribution in [0, 0.1) is 25.2 Å². The van der Waals surface area contributed by atoms with Crippen molar-refractivity contribution in [3.8, 4) is 17.6 Å². The molecule has 0 fully saturated rings. The number of carbonyl (C=O) groups excluding carboxylic acids is 1. The molecule has 2 rings (SSSR count). The number of ether oxygens (including phenoxy) is 1. The van der Waals surface area contributed by atoms with E-state index in [9.17, 15) is 4.79 Å². The van der Waals surface area contributed by atoms with E-state index < -0.39 is 0 Å². The van der Waals surface area contributed by atoms with Crippen LogP contribution in [0.5, 0.6) is 11.5 Å². The topological polar surface area (TPSA) is 62.1 Å². The number of carbonyl (C=O) groups is 1. The summed E-state index contributed by atoms with van der Waals surface area (Å²) in [7, 11) is 0. The molecule has 23 heavy (non-hydrogen) atoms. The van der Waals surface area contributed by atoms with Crippen molar-refractivity contribution in [2.24, 2.45) is 0 Å². The lowest BCUT2D eigenvalue weighted by molar-refractivity contribution is -0.120. The molecule has 0 saturated heterocycles. The molecule has 0 aliphatic carbocycles. The first kappa shape index (κ1) is 16.6. The van der Waals surface area contributed by atoms with Gasteiger partial charge in [-0.05, 0) is 55.2 Å². The van der Waals surface area contributed by atoms with Crippen molar-refractivity contribution >= 4 is 5.91 Å². The zero-order valence-corrected chi connectivity index (χ0v) is 13.4. The molecular formula is C19H20N2O2. The van der Waals surface area contributed by atoms with Gasteiger partial charge in [0.15, 0.2) is 0 Å². The fourth-order valence-corrected chi connectivity index (χ4v) is 2.15. The minimum atomic E-state index is -0.234. The van der Waals surface area contributed by atoms with E-state index in [2.05, 4.69) is 11.4 Å². The van der Waals surface area contributed by atoms with Gasteiger partial charge in [0.2, 0.25) is 5.91 Å². The van der Waals surface area contributed by atoms with Crippen LogP contribution in [0.25, 0.3) is 0 Å². The highest BCUT2D eigenvalue weighted by molar-refractivity contribution is 5.77. The SMILES string of the molecule is Cc1ccc(C)c(Oc2ccc(CCNC(=O)CC#N)cc2)c1. The smallest absolute Gasteiger partial charge is 0.234 e. The maximum absolute atomic E-state index is 11.2. The molecule has 0 atom stereocenters. The van der Waals surface area contributed by atoms with Gasteiger partial charge in [-0.2, -0.15) is 5.26 Å². The summed E-state index contributed by atoms with van der Waals surface area (Å²) in [5.41, 5.74) is 3.37. The molecule has 1 N–H and O–H groups in total. The van der Waals surface area contributed by atoms with Crippen molar-refractivity contribution in [1.29, 1.82) is 5.26 Å². The number of nitrogens with one attached hydrogen (secondary N) is 1. The molecule has 0 aliphatic rings. The van der Waals surface area contributed by atoms with Crippen LogP contribution in [0.15, 0.2) is 42.5 Å². The summed E-state index contributed by atoms with van der Waals surface area (Å²) in [6.45, 7) is 4.58. The van der Waals surface area contributed by atoms with Gasteiger partial charge >= 0.3 is 0 Å². The Morgan fingerprint density at radius 3 is 2.61 bits per heavy atom. The zero-order valence-electron chi connectivity index (χ0n) is 13.4. The van der Waals surface area contributed by atoms with Gasteiger partial charge in [-0.1, -0.05) is 24.3 Å². The van der Waals surface area contributed by atoms with E-state index in [4.69, 9.17) is 10.00 Å². The molecule has 4 heteroatoms. The van der Waals surface area contributed by atoms with Crippen molar-refractivity contribution in [2.75, 3.05) is 6.54 Å². The van der Waals surface area contributed by atoms with Crippen LogP contribution in [-0.4, -0.2) is 12.5 Å². The molecule has 1 amide bonds. The van der Waals surface area contributed by atoms with E-state index in [-0.39, 0.29) is 12.3 Å². The summed E-state index contributed by atoms with van der Waals surface area (Å²) in [5, 5.41) is 11.1. The average Bonchev–Trinajstić information content (AvgIpc) is 2.53. The number of hydrogen-bond donors (Lipinski definition) is 1. The van der Waals surface area contributed by atoms with E-state index in [1.807, 2.05) is 56.3 Å². The van der Waals surface area contributed by atoms with Gasteiger partial charge in [-0.3, -0.25) is 4.79 Å². The third-order valence-corrected chi connectivity index (χ3v) is 3.47. The monoisotopic (exact) mass is 308 g/mol. The minimum absolute atomic E-state index is 0.0946. The van der Waals surface area contributed by atoms with Gasteiger partial charge in [0.1, 0.15) is 17.9 Å². The number of aryl methyl sites for hydroxylation is 2. The fraction of sp³-hybridized carbons (Fsp3) is 0.263. The molecule has 2 aromatic rings. The molecule has 0 bridgehead atoms. The van der Waals surface area contributed by atoms with E-state index in [0.29, 0.717) is 6.54 Å². The van der Waals surface area contributed by atoms with Crippen LogP contribution in [0.4, 0.5) is 0 Å². The van der Waals surface area contributed by atoms with Crippen molar-refractivity contribution < 1.29 is 9.53 Å². The summed E-state index contributed by atoms with van der Waals surface area (Å²) < 4.78 is 5.91. The Morgan fingerprint density at radius 2 is 1.91 bits per heavy atom. The molecule has 2 aromatic carbocycles. The quantitative estimate of drug-likeness (QED) is 0.885. The number of nitrogens with zero attached hydrogens (tertiary/aromatic N) is 1. The van der Waals surface area contributed by atoms with Gasteiger partial charge in [0, 0.05) is 6.54 Å². The normalized spacial score (nSPS) is 9.96. The Hall–Kier alpha value is -2.80. The molecular weight excluding hydrogens is 288 g/mol. The van der Waals surface area contributed by atoms with Gasteiger partial charge in [-0.15, -0.1) is 0 Å². The minimum Gasteiger partial charge on any atom is -0.457 e. The molecule has 0 saturated carbocycles. The standard InChI is InChI=1S/C19H20N2O2/c1-14-3-4-15(2)18(13-14)23-17-7-5-16(6-8-17)10-12-21-19(22)9-11-20/h3-8,13H,9-10,12H2,1-2H3,(H,21,22). The lowest BCUT2D eigenvalue weighted by atomic mass is 10.1. The first-order valence-electron chi connectivity index (χ1n) is 7.56.